The first-order valence-electron chi connectivity index (χ1n) is 8.46. The number of nitrogens with two attached hydrogens (primary N) is 1. The van der Waals surface area contributed by atoms with E-state index < -0.39 is 30.2 Å². The van der Waals surface area contributed by atoms with E-state index in [1.165, 1.54) is 12.3 Å². The van der Waals surface area contributed by atoms with Crippen LogP contribution in [0.2, 0.25) is 0 Å². The molecule has 4 atom stereocenters. The summed E-state index contributed by atoms with van der Waals surface area (Å²) in [4.78, 5) is 19.6. The number of imidazole rings is 1. The molecule has 0 spiro atoms. The lowest BCUT2D eigenvalue weighted by molar-refractivity contribution is -0.0626. The number of hydrogen-bond donors (Lipinski definition) is 3. The summed E-state index contributed by atoms with van der Waals surface area (Å²) in [6.07, 6.45) is 4.87. The van der Waals surface area contributed by atoms with Gasteiger partial charge in [-0.05, 0) is 18.9 Å². The molecule has 0 aliphatic carbocycles. The van der Waals surface area contributed by atoms with Gasteiger partial charge >= 0.3 is 5.69 Å². The lowest BCUT2D eigenvalue weighted by Crippen LogP contribution is -2.38. The highest BCUT2D eigenvalue weighted by molar-refractivity contribution is 5.23. The molecule has 3 heterocycles. The number of unbranched alkanes of at least 4 members (excludes halogenated alkanes) is 1. The molecule has 2 aromatic heterocycles. The lowest BCUT2D eigenvalue weighted by Gasteiger charge is -2.20. The number of hydrogen-bond acceptors (Lipinski definition) is 8. The number of aromatic nitrogens is 4. The molecule has 1 fully saturated rings. The smallest absolute Gasteiger partial charge is 0.351 e. The van der Waals surface area contributed by atoms with E-state index >= 15 is 0 Å². The summed E-state index contributed by atoms with van der Waals surface area (Å²) in [7, 11) is 0. The van der Waals surface area contributed by atoms with Crippen LogP contribution in [0.25, 0.3) is 0 Å². The summed E-state index contributed by atoms with van der Waals surface area (Å²) in [6, 6.07) is 1.44. The first-order valence-corrected chi connectivity index (χ1v) is 8.46. The maximum absolute atomic E-state index is 12.0. The fourth-order valence-electron chi connectivity index (χ4n) is 2.96. The van der Waals surface area contributed by atoms with Crippen LogP contribution < -0.4 is 11.4 Å². The van der Waals surface area contributed by atoms with Crippen molar-refractivity contribution in [2.75, 3.05) is 18.9 Å². The van der Waals surface area contributed by atoms with Crippen molar-refractivity contribution in [3.05, 3.63) is 41.5 Å². The Balaban J connectivity index is 1.55. The Labute approximate surface area is 149 Å². The standard InChI is InChI=1S/C16H23N5O5/c17-12-3-6-21(16(24)19-12)15-13(23)14(11(9-22)26-15)25-8-2-1-5-20-7-4-18-10-20/h3-4,6-7,10-11,13-15,22-23H,1-2,5,8-9H2,(H2,17,19,24)/t11-,13?,14?,15-/m1/s1. The molecule has 4 N–H and O–H groups in total. The molecule has 142 valence electrons. The van der Waals surface area contributed by atoms with Gasteiger partial charge in [0.05, 0.1) is 12.9 Å². The molecule has 1 saturated heterocycles. The average Bonchev–Trinajstić information content (AvgIpc) is 3.23. The predicted octanol–water partition coefficient (Wildman–Crippen LogP) is -0.862. The van der Waals surface area contributed by atoms with Crippen LogP contribution >= 0.6 is 0 Å². The molecule has 0 saturated carbocycles. The summed E-state index contributed by atoms with van der Waals surface area (Å²) in [6.45, 7) is 0.897. The quantitative estimate of drug-likeness (QED) is 0.514. The van der Waals surface area contributed by atoms with Crippen LogP contribution in [0.1, 0.15) is 19.1 Å². The van der Waals surface area contributed by atoms with Gasteiger partial charge in [-0.3, -0.25) is 4.57 Å². The van der Waals surface area contributed by atoms with Crippen molar-refractivity contribution in [3.8, 4) is 0 Å². The minimum Gasteiger partial charge on any atom is -0.394 e. The van der Waals surface area contributed by atoms with Gasteiger partial charge in [-0.1, -0.05) is 0 Å². The topological polar surface area (TPSA) is 138 Å². The Kier molecular flexibility index (Phi) is 5.99. The van der Waals surface area contributed by atoms with Crippen LogP contribution in [0.3, 0.4) is 0 Å². The van der Waals surface area contributed by atoms with Crippen LogP contribution in [0.4, 0.5) is 5.82 Å². The normalized spacial score (nSPS) is 25.6. The van der Waals surface area contributed by atoms with Crippen molar-refractivity contribution >= 4 is 5.82 Å². The largest absolute Gasteiger partial charge is 0.394 e. The number of aryl methyl sites for hydroxylation is 1. The van der Waals surface area contributed by atoms with Crippen molar-refractivity contribution in [3.63, 3.8) is 0 Å². The molecule has 1 aliphatic heterocycles. The van der Waals surface area contributed by atoms with Gasteiger partial charge < -0.3 is 30.0 Å². The van der Waals surface area contributed by atoms with E-state index in [0.29, 0.717) is 6.61 Å². The highest BCUT2D eigenvalue weighted by Gasteiger charge is 2.45. The Hall–Kier alpha value is -2.27. The SMILES string of the molecule is Nc1ccn([C@@H]2O[C@H](CO)C(OCCCCn3ccnc3)C2O)c(=O)n1. The molecule has 1 aliphatic rings. The van der Waals surface area contributed by atoms with E-state index in [1.807, 2.05) is 10.8 Å². The molecule has 2 aromatic rings. The van der Waals surface area contributed by atoms with Crippen molar-refractivity contribution in [2.45, 2.75) is 43.9 Å². The molecule has 3 rings (SSSR count). The van der Waals surface area contributed by atoms with Gasteiger partial charge in [0.15, 0.2) is 6.23 Å². The molecule has 0 aromatic carbocycles. The molecule has 0 radical (unpaired) electrons. The second kappa shape index (κ2) is 8.41. The number of nitrogen functional groups attached to an aromatic ring is 1. The first-order chi connectivity index (χ1) is 12.6. The lowest BCUT2D eigenvalue weighted by atomic mass is 10.1. The number of ether oxygens (including phenoxy) is 2. The second-order valence-electron chi connectivity index (χ2n) is 6.12. The summed E-state index contributed by atoms with van der Waals surface area (Å²) < 4.78 is 14.5. The van der Waals surface area contributed by atoms with Crippen molar-refractivity contribution in [1.29, 1.82) is 0 Å². The van der Waals surface area contributed by atoms with Gasteiger partial charge in [0, 0.05) is 31.7 Å². The number of rotatable bonds is 8. The number of anilines is 1. The summed E-state index contributed by atoms with van der Waals surface area (Å²) in [5.74, 6) is 0.0862. The van der Waals surface area contributed by atoms with E-state index in [9.17, 15) is 15.0 Å². The van der Waals surface area contributed by atoms with Gasteiger partial charge in [-0.2, -0.15) is 4.98 Å². The van der Waals surface area contributed by atoms with Gasteiger partial charge in [-0.25, -0.2) is 9.78 Å². The van der Waals surface area contributed by atoms with E-state index in [0.717, 1.165) is 24.0 Å². The van der Waals surface area contributed by atoms with E-state index in [1.54, 1.807) is 12.5 Å². The summed E-state index contributed by atoms with van der Waals surface area (Å²) in [5.41, 5.74) is 4.84. The third kappa shape index (κ3) is 4.10. The molecular weight excluding hydrogens is 342 g/mol. The molecular formula is C16H23N5O5. The van der Waals surface area contributed by atoms with Gasteiger partial charge in [0.25, 0.3) is 0 Å². The molecule has 10 nitrogen and oxygen atoms in total. The Morgan fingerprint density at radius 2 is 2.19 bits per heavy atom. The highest BCUT2D eigenvalue weighted by Crippen LogP contribution is 2.30. The van der Waals surface area contributed by atoms with Crippen molar-refractivity contribution in [2.24, 2.45) is 0 Å². The zero-order chi connectivity index (χ0) is 18.5. The third-order valence-corrected chi connectivity index (χ3v) is 4.30. The minimum atomic E-state index is -1.11. The Morgan fingerprint density at radius 1 is 1.35 bits per heavy atom. The summed E-state index contributed by atoms with van der Waals surface area (Å²) in [5, 5.41) is 20.0. The maximum atomic E-state index is 12.0. The molecule has 0 amide bonds. The molecule has 2 unspecified atom stereocenters. The van der Waals surface area contributed by atoms with Crippen molar-refractivity contribution in [1.82, 2.24) is 19.1 Å². The number of nitrogens with zero attached hydrogens (tertiary/aromatic N) is 4. The number of aliphatic hydroxyl groups is 2. The second-order valence-corrected chi connectivity index (χ2v) is 6.12. The van der Waals surface area contributed by atoms with E-state index in [4.69, 9.17) is 15.2 Å². The maximum Gasteiger partial charge on any atom is 0.351 e. The Morgan fingerprint density at radius 3 is 2.88 bits per heavy atom. The molecule has 10 heteroatoms. The van der Waals surface area contributed by atoms with Crippen LogP contribution in [-0.4, -0.2) is 60.8 Å². The first kappa shape index (κ1) is 18.5. The Bertz CT molecular complexity index is 750. The van der Waals surface area contributed by atoms with Crippen LogP contribution in [0.15, 0.2) is 35.8 Å². The van der Waals surface area contributed by atoms with Crippen LogP contribution in [-0.2, 0) is 16.0 Å². The van der Waals surface area contributed by atoms with E-state index in [2.05, 4.69) is 9.97 Å². The minimum absolute atomic E-state index is 0.0862. The van der Waals surface area contributed by atoms with Crippen LogP contribution in [0, 0.1) is 0 Å². The zero-order valence-electron chi connectivity index (χ0n) is 14.2. The molecule has 26 heavy (non-hydrogen) atoms. The fourth-order valence-corrected chi connectivity index (χ4v) is 2.96. The van der Waals surface area contributed by atoms with E-state index in [-0.39, 0.29) is 12.4 Å². The van der Waals surface area contributed by atoms with Gasteiger partial charge in [0.1, 0.15) is 24.1 Å². The fraction of sp³-hybridized carbons (Fsp3) is 0.562. The zero-order valence-corrected chi connectivity index (χ0v) is 14.2. The van der Waals surface area contributed by atoms with Crippen LogP contribution in [0.5, 0.6) is 0 Å². The predicted molar refractivity (Wildman–Crippen MR) is 91.1 cm³/mol. The van der Waals surface area contributed by atoms with Gasteiger partial charge in [-0.15, -0.1) is 0 Å². The summed E-state index contributed by atoms with van der Waals surface area (Å²) >= 11 is 0. The third-order valence-electron chi connectivity index (χ3n) is 4.30. The van der Waals surface area contributed by atoms with Crippen molar-refractivity contribution < 1.29 is 19.7 Å². The average molecular weight is 365 g/mol. The van der Waals surface area contributed by atoms with Gasteiger partial charge in [0.2, 0.25) is 0 Å². The monoisotopic (exact) mass is 365 g/mol. The number of aliphatic hydroxyl groups excluding tert-OH is 2. The highest BCUT2D eigenvalue weighted by atomic mass is 16.6. The molecule has 0 bridgehead atoms.